The van der Waals surface area contributed by atoms with E-state index in [0.29, 0.717) is 88.3 Å². The summed E-state index contributed by atoms with van der Waals surface area (Å²) in [5, 5.41) is 22.6. The lowest BCUT2D eigenvalue weighted by Gasteiger charge is -2.16. The maximum atomic E-state index is 11.5. The van der Waals surface area contributed by atoms with E-state index < -0.39 is 0 Å². The number of nitrogens with one attached hydrogen (secondary N) is 4. The number of carbonyl (C=O) groups excluding carboxylic acids is 1. The van der Waals surface area contributed by atoms with E-state index in [1.54, 1.807) is 26.5 Å². The van der Waals surface area contributed by atoms with E-state index in [0.717, 1.165) is 17.7 Å². The van der Waals surface area contributed by atoms with Crippen molar-refractivity contribution in [3.8, 4) is 34.1 Å². The van der Waals surface area contributed by atoms with Gasteiger partial charge >= 0.3 is 0 Å². The van der Waals surface area contributed by atoms with Crippen molar-refractivity contribution in [1.29, 1.82) is 0 Å². The van der Waals surface area contributed by atoms with Crippen LogP contribution < -0.4 is 30.7 Å². The molecule has 11 nitrogen and oxygen atoms in total. The minimum Gasteiger partial charge on any atom is -0.493 e. The SMILES string of the molecule is COc1ccc(CNCCO)nc1Nc1cccc(-c2nccc(-c3ccc(CNC[C@H]4CCC(=O)N4)c(OC)n3)c2Cl)c1Cl. The first-order valence-electron chi connectivity index (χ1n) is 14.5. The first kappa shape index (κ1) is 32.4. The summed E-state index contributed by atoms with van der Waals surface area (Å²) in [4.78, 5) is 25.4. The number of hydrogen-bond donors (Lipinski definition) is 5. The highest BCUT2D eigenvalue weighted by molar-refractivity contribution is 6.39. The van der Waals surface area contributed by atoms with Crippen molar-refractivity contribution in [2.75, 3.05) is 39.2 Å². The van der Waals surface area contributed by atoms with Crippen LogP contribution in [0, 0.1) is 0 Å². The lowest BCUT2D eigenvalue weighted by molar-refractivity contribution is -0.119. The molecule has 45 heavy (non-hydrogen) atoms. The van der Waals surface area contributed by atoms with Gasteiger partial charge in [-0.2, -0.15) is 0 Å². The summed E-state index contributed by atoms with van der Waals surface area (Å²) >= 11 is 13.9. The maximum absolute atomic E-state index is 11.5. The Hall–Kier alpha value is -4.00. The number of aliphatic hydroxyl groups is 1. The Morgan fingerprint density at radius 3 is 2.60 bits per heavy atom. The molecule has 0 aliphatic carbocycles. The molecule has 4 heterocycles. The van der Waals surface area contributed by atoms with Gasteiger partial charge in [-0.1, -0.05) is 41.4 Å². The minimum atomic E-state index is 0.0388. The zero-order chi connectivity index (χ0) is 31.8. The molecule has 236 valence electrons. The first-order valence-corrected chi connectivity index (χ1v) is 15.3. The molecule has 1 aromatic carbocycles. The minimum absolute atomic E-state index is 0.0388. The second-order valence-corrected chi connectivity index (χ2v) is 11.1. The number of aromatic nitrogens is 3. The van der Waals surface area contributed by atoms with Gasteiger partial charge < -0.3 is 35.8 Å². The van der Waals surface area contributed by atoms with E-state index in [-0.39, 0.29) is 18.6 Å². The zero-order valence-electron chi connectivity index (χ0n) is 25.0. The number of carbonyl (C=O) groups is 1. The van der Waals surface area contributed by atoms with Crippen LogP contribution >= 0.6 is 23.2 Å². The molecule has 0 saturated carbocycles. The smallest absolute Gasteiger partial charge is 0.220 e. The second kappa shape index (κ2) is 15.3. The molecule has 5 rings (SSSR count). The number of anilines is 2. The average Bonchev–Trinajstić information content (AvgIpc) is 3.47. The van der Waals surface area contributed by atoms with E-state index in [4.69, 9.17) is 42.8 Å². The van der Waals surface area contributed by atoms with Gasteiger partial charge in [-0.05, 0) is 36.8 Å². The Bertz CT molecular complexity index is 1660. The molecule has 1 saturated heterocycles. The molecule has 0 bridgehead atoms. The maximum Gasteiger partial charge on any atom is 0.220 e. The van der Waals surface area contributed by atoms with Crippen molar-refractivity contribution in [3.05, 3.63) is 76.0 Å². The predicted molar refractivity (Wildman–Crippen MR) is 175 cm³/mol. The van der Waals surface area contributed by atoms with Gasteiger partial charge in [-0.3, -0.25) is 9.78 Å². The van der Waals surface area contributed by atoms with Crippen molar-refractivity contribution in [1.82, 2.24) is 30.9 Å². The standard InChI is InChI=1S/C32H35Cl2N7O4/c1-44-26-10-7-21(17-35-14-15-42)39-31(26)40-25-5-3-4-23(28(25)33)30-29(34)22(12-13-37-30)24-9-6-19(32(41-24)45-2)16-36-18-20-8-11-27(43)38-20/h3-7,9-10,12-13,20,35-36,42H,8,11,14-18H2,1-2H3,(H,38,43)(H,39,40)/t20-/m1/s1. The number of amides is 1. The highest BCUT2D eigenvalue weighted by Crippen LogP contribution is 2.41. The third-order valence-electron chi connectivity index (χ3n) is 7.33. The number of rotatable bonds is 14. The fourth-order valence-corrected chi connectivity index (χ4v) is 5.62. The Morgan fingerprint density at radius 1 is 0.978 bits per heavy atom. The molecule has 3 aromatic heterocycles. The predicted octanol–water partition coefficient (Wildman–Crippen LogP) is 4.72. The van der Waals surface area contributed by atoms with Crippen LogP contribution in [0.25, 0.3) is 22.5 Å². The molecular formula is C32H35Cl2N7O4. The molecule has 1 amide bonds. The highest BCUT2D eigenvalue weighted by Gasteiger charge is 2.21. The molecule has 4 aromatic rings. The molecule has 1 atom stereocenters. The molecule has 0 radical (unpaired) electrons. The summed E-state index contributed by atoms with van der Waals surface area (Å²) < 4.78 is 11.1. The monoisotopic (exact) mass is 651 g/mol. The van der Waals surface area contributed by atoms with E-state index in [9.17, 15) is 4.79 Å². The largest absolute Gasteiger partial charge is 0.493 e. The lowest BCUT2D eigenvalue weighted by Crippen LogP contribution is -2.35. The molecule has 5 N–H and O–H groups in total. The Kier molecular flexibility index (Phi) is 11.0. The van der Waals surface area contributed by atoms with Crippen molar-refractivity contribution in [3.63, 3.8) is 0 Å². The lowest BCUT2D eigenvalue weighted by atomic mass is 10.1. The normalized spacial score (nSPS) is 14.3. The van der Waals surface area contributed by atoms with Gasteiger partial charge in [-0.25, -0.2) is 9.97 Å². The average molecular weight is 653 g/mol. The molecule has 0 spiro atoms. The number of halogens is 2. The van der Waals surface area contributed by atoms with Crippen molar-refractivity contribution >= 4 is 40.6 Å². The number of methoxy groups -OCH3 is 2. The number of benzene rings is 1. The second-order valence-electron chi connectivity index (χ2n) is 10.4. The number of nitrogens with zero attached hydrogens (tertiary/aromatic N) is 3. The third kappa shape index (κ3) is 7.81. The van der Waals surface area contributed by atoms with Gasteiger partial charge in [0.05, 0.1) is 53.6 Å². The van der Waals surface area contributed by atoms with Crippen molar-refractivity contribution < 1.29 is 19.4 Å². The fraction of sp³-hybridized carbons (Fsp3) is 0.312. The van der Waals surface area contributed by atoms with Crippen molar-refractivity contribution in [2.45, 2.75) is 32.0 Å². The Morgan fingerprint density at radius 2 is 1.84 bits per heavy atom. The van der Waals surface area contributed by atoms with Crippen LogP contribution in [0.2, 0.25) is 10.0 Å². The first-order chi connectivity index (χ1) is 21.9. The van der Waals surface area contributed by atoms with Crippen molar-refractivity contribution in [2.24, 2.45) is 0 Å². The van der Waals surface area contributed by atoms with Crippen LogP contribution in [0.3, 0.4) is 0 Å². The Balaban J connectivity index is 1.38. The third-order valence-corrected chi connectivity index (χ3v) is 8.12. The van der Waals surface area contributed by atoms with Gasteiger partial charge in [0.2, 0.25) is 11.8 Å². The zero-order valence-corrected chi connectivity index (χ0v) is 26.5. The van der Waals surface area contributed by atoms with Gasteiger partial charge in [0.25, 0.3) is 0 Å². The van der Waals surface area contributed by atoms with E-state index in [1.165, 1.54) is 0 Å². The number of aliphatic hydroxyl groups excluding tert-OH is 1. The van der Waals surface area contributed by atoms with Crippen LogP contribution in [0.15, 0.2) is 54.7 Å². The van der Waals surface area contributed by atoms with E-state index in [1.807, 2.05) is 42.5 Å². The fourth-order valence-electron chi connectivity index (χ4n) is 5.05. The highest BCUT2D eigenvalue weighted by atomic mass is 35.5. The van der Waals surface area contributed by atoms with Gasteiger partial charge in [-0.15, -0.1) is 0 Å². The number of ether oxygens (including phenoxy) is 2. The summed E-state index contributed by atoms with van der Waals surface area (Å²) in [6.07, 6.45) is 3.06. The topological polar surface area (TPSA) is 143 Å². The summed E-state index contributed by atoms with van der Waals surface area (Å²) in [6.45, 7) is 2.19. The van der Waals surface area contributed by atoms with Crippen LogP contribution in [-0.4, -0.2) is 65.9 Å². The molecular weight excluding hydrogens is 617 g/mol. The molecule has 1 fully saturated rings. The molecule has 1 aliphatic rings. The van der Waals surface area contributed by atoms with Crippen LogP contribution in [0.1, 0.15) is 24.1 Å². The van der Waals surface area contributed by atoms with E-state index >= 15 is 0 Å². The molecule has 1 aliphatic heterocycles. The molecule has 13 heteroatoms. The Labute approximate surface area is 271 Å². The quantitative estimate of drug-likeness (QED) is 0.122. The summed E-state index contributed by atoms with van der Waals surface area (Å²) in [7, 11) is 3.15. The summed E-state index contributed by atoms with van der Waals surface area (Å²) in [5.74, 6) is 1.61. The van der Waals surface area contributed by atoms with Gasteiger partial charge in [0.15, 0.2) is 11.6 Å². The van der Waals surface area contributed by atoms with Gasteiger partial charge in [0.1, 0.15) is 0 Å². The number of pyridine rings is 3. The molecule has 0 unspecified atom stereocenters. The van der Waals surface area contributed by atoms with Crippen LogP contribution in [0.5, 0.6) is 11.6 Å². The van der Waals surface area contributed by atoms with E-state index in [2.05, 4.69) is 31.2 Å². The van der Waals surface area contributed by atoms with Crippen LogP contribution in [0.4, 0.5) is 11.5 Å². The summed E-state index contributed by atoms with van der Waals surface area (Å²) in [6, 6.07) is 15.0. The van der Waals surface area contributed by atoms with Crippen LogP contribution in [-0.2, 0) is 17.9 Å². The summed E-state index contributed by atoms with van der Waals surface area (Å²) in [5.41, 5.74) is 4.66. The van der Waals surface area contributed by atoms with Gasteiger partial charge in [0, 0.05) is 61.5 Å². The number of hydrogen-bond acceptors (Lipinski definition) is 10.